The molecule has 0 aliphatic heterocycles. The van der Waals surface area contributed by atoms with Gasteiger partial charge in [-0.25, -0.2) is 0 Å². The van der Waals surface area contributed by atoms with Gasteiger partial charge in [0.1, 0.15) is 11.8 Å². The topological polar surface area (TPSA) is 58.6 Å². The Hall–Kier alpha value is -1.86. The van der Waals surface area contributed by atoms with Crippen molar-refractivity contribution < 1.29 is 14.3 Å². The Bertz CT molecular complexity index is 977. The fourth-order valence-corrected chi connectivity index (χ4v) is 3.91. The first-order valence-corrected chi connectivity index (χ1v) is 12.5. The smallest absolute Gasteiger partial charge is 0.261 e. The number of benzene rings is 2. The molecule has 2 amide bonds. The summed E-state index contributed by atoms with van der Waals surface area (Å²) in [6.07, 6.45) is 0. The third kappa shape index (κ3) is 8.45. The maximum atomic E-state index is 13.2. The van der Waals surface area contributed by atoms with Crippen LogP contribution < -0.4 is 10.1 Å². The second-order valence-electron chi connectivity index (χ2n) is 10.2. The van der Waals surface area contributed by atoms with Crippen LogP contribution in [0.5, 0.6) is 5.75 Å². The lowest BCUT2D eigenvalue weighted by molar-refractivity contribution is -0.142. The van der Waals surface area contributed by atoms with E-state index in [9.17, 15) is 9.59 Å². The molecule has 2 aromatic rings. The van der Waals surface area contributed by atoms with Crippen molar-refractivity contribution in [3.8, 4) is 5.75 Å². The van der Waals surface area contributed by atoms with Crippen LogP contribution in [0.3, 0.4) is 0 Å². The van der Waals surface area contributed by atoms with Gasteiger partial charge in [-0.15, -0.1) is 0 Å². The van der Waals surface area contributed by atoms with E-state index in [-0.39, 0.29) is 23.8 Å². The Kier molecular flexibility index (Phi) is 9.16. The first kappa shape index (κ1) is 27.4. The molecule has 5 nitrogen and oxygen atoms in total. The molecule has 33 heavy (non-hydrogen) atoms. The molecular weight excluding hydrogens is 548 g/mol. The van der Waals surface area contributed by atoms with Crippen molar-refractivity contribution in [2.24, 2.45) is 0 Å². The van der Waals surface area contributed by atoms with E-state index >= 15 is 0 Å². The van der Waals surface area contributed by atoms with Crippen LogP contribution in [0.15, 0.2) is 51.4 Å². The van der Waals surface area contributed by atoms with Crippen molar-refractivity contribution in [1.82, 2.24) is 10.2 Å². The van der Waals surface area contributed by atoms with Crippen molar-refractivity contribution in [2.45, 2.75) is 72.0 Å². The van der Waals surface area contributed by atoms with Crippen molar-refractivity contribution in [2.75, 3.05) is 6.61 Å². The van der Waals surface area contributed by atoms with E-state index in [4.69, 9.17) is 4.74 Å². The number of amides is 2. The first-order chi connectivity index (χ1) is 15.2. The molecule has 0 radical (unpaired) electrons. The summed E-state index contributed by atoms with van der Waals surface area (Å²) in [5.41, 5.74) is 1.71. The molecule has 1 atom stereocenters. The van der Waals surface area contributed by atoms with E-state index in [1.54, 1.807) is 11.8 Å². The minimum Gasteiger partial charge on any atom is -0.483 e. The number of nitrogens with zero attached hydrogens (tertiary/aromatic N) is 1. The molecule has 0 heterocycles. The number of ether oxygens (including phenoxy) is 1. The van der Waals surface area contributed by atoms with Crippen molar-refractivity contribution >= 4 is 43.7 Å². The van der Waals surface area contributed by atoms with Crippen molar-refractivity contribution in [3.05, 3.63) is 62.5 Å². The molecule has 0 bridgehead atoms. The molecule has 0 saturated heterocycles. The summed E-state index contributed by atoms with van der Waals surface area (Å²) in [6, 6.07) is 12.9. The molecule has 0 unspecified atom stereocenters. The van der Waals surface area contributed by atoms with Crippen LogP contribution in [-0.4, -0.2) is 34.9 Å². The molecule has 7 heteroatoms. The second-order valence-corrected chi connectivity index (χ2v) is 12.0. The van der Waals surface area contributed by atoms with Crippen molar-refractivity contribution in [1.29, 1.82) is 0 Å². The minimum atomic E-state index is -0.657. The molecule has 180 valence electrons. The maximum absolute atomic E-state index is 13.2. The number of rotatable bonds is 7. The van der Waals surface area contributed by atoms with Gasteiger partial charge in [-0.3, -0.25) is 9.59 Å². The summed E-state index contributed by atoms with van der Waals surface area (Å²) in [5, 5.41) is 2.96. The predicted octanol–water partition coefficient (Wildman–Crippen LogP) is 6.22. The van der Waals surface area contributed by atoms with Gasteiger partial charge in [-0.05, 0) is 84.4 Å². The highest BCUT2D eigenvalue weighted by Gasteiger charge is 2.29. The highest BCUT2D eigenvalue weighted by molar-refractivity contribution is 9.10. The van der Waals surface area contributed by atoms with E-state index in [1.165, 1.54) is 0 Å². The largest absolute Gasteiger partial charge is 0.483 e. The van der Waals surface area contributed by atoms with E-state index < -0.39 is 11.6 Å². The fraction of sp³-hybridized carbons (Fsp3) is 0.462. The van der Waals surface area contributed by atoms with E-state index in [0.29, 0.717) is 12.3 Å². The monoisotopic (exact) mass is 580 g/mol. The van der Waals surface area contributed by atoms with Gasteiger partial charge in [0.2, 0.25) is 5.91 Å². The quantitative estimate of drug-likeness (QED) is 0.422. The number of carbonyl (C=O) groups is 2. The van der Waals surface area contributed by atoms with Crippen molar-refractivity contribution in [3.63, 3.8) is 0 Å². The zero-order valence-corrected chi connectivity index (χ0v) is 23.6. The summed E-state index contributed by atoms with van der Waals surface area (Å²) in [7, 11) is 0. The summed E-state index contributed by atoms with van der Waals surface area (Å²) < 4.78 is 7.60. The molecule has 1 N–H and O–H groups in total. The van der Waals surface area contributed by atoms with Gasteiger partial charge in [-0.1, -0.05) is 54.9 Å². The Morgan fingerprint density at radius 2 is 1.61 bits per heavy atom. The van der Waals surface area contributed by atoms with Gasteiger partial charge in [0, 0.05) is 16.6 Å². The zero-order valence-electron chi connectivity index (χ0n) is 20.5. The highest BCUT2D eigenvalue weighted by atomic mass is 79.9. The molecule has 0 spiro atoms. The van der Waals surface area contributed by atoms with Crippen LogP contribution in [-0.2, 0) is 21.5 Å². The standard InChI is InChI=1S/C26H34Br2N2O3/c1-17(24(32)29-26(5,6)7)30(15-18-8-11-20(27)12-9-18)23(31)16-33-22-13-10-19(14-21(22)28)25(2,3)4/h8-14,17H,15-16H2,1-7H3,(H,29,32)/t17-/m1/s1. The third-order valence-electron chi connectivity index (χ3n) is 5.08. The molecule has 0 fully saturated rings. The first-order valence-electron chi connectivity index (χ1n) is 11.0. The molecule has 2 rings (SSSR count). The third-order valence-corrected chi connectivity index (χ3v) is 6.23. The summed E-state index contributed by atoms with van der Waals surface area (Å²) >= 11 is 6.99. The summed E-state index contributed by atoms with van der Waals surface area (Å²) in [6.45, 7) is 14.1. The Balaban J connectivity index is 2.20. The van der Waals surface area contributed by atoms with Gasteiger partial charge in [0.15, 0.2) is 6.61 Å². The van der Waals surface area contributed by atoms with Gasteiger partial charge in [-0.2, -0.15) is 0 Å². The van der Waals surface area contributed by atoms with Gasteiger partial charge in [0.25, 0.3) is 5.91 Å². The molecule has 2 aromatic carbocycles. The van der Waals surface area contributed by atoms with Gasteiger partial charge in [0.05, 0.1) is 4.47 Å². The Morgan fingerprint density at radius 3 is 2.12 bits per heavy atom. The van der Waals surface area contributed by atoms with E-state index in [2.05, 4.69) is 57.9 Å². The summed E-state index contributed by atoms with van der Waals surface area (Å²) in [4.78, 5) is 27.6. The second kappa shape index (κ2) is 11.0. The molecular formula is C26H34Br2N2O3. The van der Waals surface area contributed by atoms with Gasteiger partial charge >= 0.3 is 0 Å². The Morgan fingerprint density at radius 1 is 1.00 bits per heavy atom. The molecule has 0 aromatic heterocycles. The number of hydrogen-bond donors (Lipinski definition) is 1. The minimum absolute atomic E-state index is 0.00813. The predicted molar refractivity (Wildman–Crippen MR) is 140 cm³/mol. The van der Waals surface area contributed by atoms with Crippen LogP contribution >= 0.6 is 31.9 Å². The normalized spacial score (nSPS) is 12.8. The fourth-order valence-electron chi connectivity index (χ4n) is 3.15. The van der Waals surface area contributed by atoms with Crippen LogP contribution in [0.25, 0.3) is 0 Å². The van der Waals surface area contributed by atoms with Crippen LogP contribution in [0, 0.1) is 0 Å². The zero-order chi connectivity index (χ0) is 25.0. The molecule has 0 aliphatic rings. The van der Waals surface area contributed by atoms with E-state index in [1.807, 2.05) is 63.2 Å². The average molecular weight is 582 g/mol. The lowest BCUT2D eigenvalue weighted by Crippen LogP contribution is -2.53. The highest BCUT2D eigenvalue weighted by Crippen LogP contribution is 2.31. The number of nitrogens with one attached hydrogen (secondary N) is 1. The maximum Gasteiger partial charge on any atom is 0.261 e. The number of hydrogen-bond acceptors (Lipinski definition) is 3. The molecule has 0 saturated carbocycles. The Labute approximate surface area is 214 Å². The SMILES string of the molecule is C[C@H](C(=O)NC(C)(C)C)N(Cc1ccc(Br)cc1)C(=O)COc1ccc(C(C)(C)C)cc1Br. The van der Waals surface area contributed by atoms with Gasteiger partial charge < -0.3 is 15.0 Å². The van der Waals surface area contributed by atoms with Crippen LogP contribution in [0.1, 0.15) is 59.6 Å². The van der Waals surface area contributed by atoms with Crippen LogP contribution in [0.2, 0.25) is 0 Å². The molecule has 0 aliphatic carbocycles. The lowest BCUT2D eigenvalue weighted by Gasteiger charge is -2.31. The summed E-state index contributed by atoms with van der Waals surface area (Å²) in [5.74, 6) is 0.122. The number of halogens is 2. The lowest BCUT2D eigenvalue weighted by atomic mass is 9.87. The number of carbonyl (C=O) groups excluding carboxylic acids is 2. The van der Waals surface area contributed by atoms with Crippen LogP contribution in [0.4, 0.5) is 0 Å². The van der Waals surface area contributed by atoms with E-state index in [0.717, 1.165) is 20.1 Å². The average Bonchev–Trinajstić information content (AvgIpc) is 2.69.